The molecule has 1 atom stereocenters. The minimum Gasteiger partial charge on any atom is -0.325 e. The van der Waals surface area contributed by atoms with E-state index in [4.69, 9.17) is 5.26 Å². The lowest BCUT2D eigenvalue weighted by Crippen LogP contribution is -2.25. The van der Waals surface area contributed by atoms with Gasteiger partial charge in [-0.15, -0.1) is 0 Å². The van der Waals surface area contributed by atoms with Crippen LogP contribution in [0.4, 0.5) is 5.69 Å². The van der Waals surface area contributed by atoms with Gasteiger partial charge in [-0.25, -0.2) is 0 Å². The van der Waals surface area contributed by atoms with E-state index in [1.165, 1.54) is 0 Å². The number of amides is 1. The molecule has 0 heterocycles. The van der Waals surface area contributed by atoms with Gasteiger partial charge in [0.25, 0.3) is 0 Å². The largest absolute Gasteiger partial charge is 0.325 e. The third kappa shape index (κ3) is 3.57. The lowest BCUT2D eigenvalue weighted by atomic mass is 9.96. The van der Waals surface area contributed by atoms with Crippen molar-refractivity contribution in [3.63, 3.8) is 0 Å². The number of nitrogens with one attached hydrogen (secondary N) is 1. The third-order valence-electron chi connectivity index (χ3n) is 2.53. The molecule has 0 bridgehead atoms. The monoisotopic (exact) mass is 294 g/mol. The number of hydrogen-bond donors (Lipinski definition) is 1. The van der Waals surface area contributed by atoms with Crippen LogP contribution in [0.3, 0.4) is 0 Å². The molecule has 0 saturated heterocycles. The molecule has 1 aromatic rings. The fourth-order valence-corrected chi connectivity index (χ4v) is 1.78. The second-order valence-electron chi connectivity index (χ2n) is 4.30. The average Bonchev–Trinajstić information content (AvgIpc) is 2.24. The van der Waals surface area contributed by atoms with Crippen molar-refractivity contribution in [2.24, 2.45) is 11.8 Å². The molecule has 17 heavy (non-hydrogen) atoms. The first kappa shape index (κ1) is 13.7. The summed E-state index contributed by atoms with van der Waals surface area (Å²) in [4.78, 5) is 11.8. The summed E-state index contributed by atoms with van der Waals surface area (Å²) in [6.45, 7) is 5.69. The lowest BCUT2D eigenvalue weighted by Gasteiger charge is -2.13. The number of hydrogen-bond acceptors (Lipinski definition) is 2. The normalized spacial score (nSPS) is 12.0. The first-order valence-electron chi connectivity index (χ1n) is 5.42. The summed E-state index contributed by atoms with van der Waals surface area (Å²) in [5.41, 5.74) is 1.80. The quantitative estimate of drug-likeness (QED) is 0.928. The SMILES string of the molecule is Cc1ccc(NC(=O)C(C#N)C(C)C)cc1Br. The van der Waals surface area contributed by atoms with Crippen LogP contribution in [0.25, 0.3) is 0 Å². The van der Waals surface area contributed by atoms with Crippen LogP contribution in [-0.2, 0) is 4.79 Å². The van der Waals surface area contributed by atoms with Crippen molar-refractivity contribution in [1.82, 2.24) is 0 Å². The smallest absolute Gasteiger partial charge is 0.241 e. The zero-order valence-electron chi connectivity index (χ0n) is 10.1. The first-order valence-corrected chi connectivity index (χ1v) is 6.21. The molecule has 1 amide bonds. The lowest BCUT2D eigenvalue weighted by molar-refractivity contribution is -0.119. The highest BCUT2D eigenvalue weighted by Gasteiger charge is 2.21. The molecule has 0 radical (unpaired) electrons. The molecule has 0 aliphatic heterocycles. The van der Waals surface area contributed by atoms with Crippen LogP contribution in [0.2, 0.25) is 0 Å². The third-order valence-corrected chi connectivity index (χ3v) is 3.38. The van der Waals surface area contributed by atoms with Crippen LogP contribution < -0.4 is 5.32 Å². The predicted molar refractivity (Wildman–Crippen MR) is 71.4 cm³/mol. The Morgan fingerprint density at radius 1 is 1.47 bits per heavy atom. The minimum absolute atomic E-state index is 0.00823. The van der Waals surface area contributed by atoms with E-state index >= 15 is 0 Å². The van der Waals surface area contributed by atoms with Gasteiger partial charge in [0, 0.05) is 10.2 Å². The Bertz CT molecular complexity index is 463. The summed E-state index contributed by atoms with van der Waals surface area (Å²) in [7, 11) is 0. The number of nitrogens with zero attached hydrogens (tertiary/aromatic N) is 1. The molecule has 90 valence electrons. The van der Waals surface area contributed by atoms with Gasteiger partial charge in [-0.2, -0.15) is 5.26 Å². The van der Waals surface area contributed by atoms with Crippen LogP contribution in [0.1, 0.15) is 19.4 Å². The Morgan fingerprint density at radius 2 is 2.12 bits per heavy atom. The fourth-order valence-electron chi connectivity index (χ4n) is 1.40. The Hall–Kier alpha value is -1.34. The van der Waals surface area contributed by atoms with Gasteiger partial charge in [0.05, 0.1) is 6.07 Å². The molecule has 0 aliphatic rings. The predicted octanol–water partition coefficient (Wildman–Crippen LogP) is 3.49. The van der Waals surface area contributed by atoms with Crippen LogP contribution >= 0.6 is 15.9 Å². The van der Waals surface area contributed by atoms with Gasteiger partial charge in [0.1, 0.15) is 5.92 Å². The Balaban J connectivity index is 2.81. The van der Waals surface area contributed by atoms with Crippen molar-refractivity contribution in [2.75, 3.05) is 5.32 Å². The Morgan fingerprint density at radius 3 is 2.59 bits per heavy atom. The highest BCUT2D eigenvalue weighted by Crippen LogP contribution is 2.21. The number of nitriles is 1. The molecule has 0 aromatic heterocycles. The summed E-state index contributed by atoms with van der Waals surface area (Å²) in [5.74, 6) is -0.859. The molecule has 0 saturated carbocycles. The molecule has 1 aromatic carbocycles. The van der Waals surface area contributed by atoms with Crippen LogP contribution in [0, 0.1) is 30.1 Å². The average molecular weight is 295 g/mol. The van der Waals surface area contributed by atoms with Crippen molar-refractivity contribution < 1.29 is 4.79 Å². The molecule has 4 heteroatoms. The summed E-state index contributed by atoms with van der Waals surface area (Å²) in [6.07, 6.45) is 0. The summed E-state index contributed by atoms with van der Waals surface area (Å²) in [5, 5.41) is 11.7. The summed E-state index contributed by atoms with van der Waals surface area (Å²) < 4.78 is 0.938. The van der Waals surface area contributed by atoms with E-state index in [0.29, 0.717) is 5.69 Å². The molecule has 0 spiro atoms. The highest BCUT2D eigenvalue weighted by molar-refractivity contribution is 9.10. The Labute approximate surface area is 110 Å². The number of aryl methyl sites for hydroxylation is 1. The molecule has 3 nitrogen and oxygen atoms in total. The van der Waals surface area contributed by atoms with Crippen molar-refractivity contribution in [2.45, 2.75) is 20.8 Å². The van der Waals surface area contributed by atoms with Crippen molar-refractivity contribution in [1.29, 1.82) is 5.26 Å². The molecule has 0 aliphatic carbocycles. The number of rotatable bonds is 3. The number of carbonyl (C=O) groups excluding carboxylic acids is 1. The van der Waals surface area contributed by atoms with Gasteiger partial charge in [0.15, 0.2) is 0 Å². The van der Waals surface area contributed by atoms with Gasteiger partial charge in [-0.3, -0.25) is 4.79 Å². The molecule has 1 N–H and O–H groups in total. The van der Waals surface area contributed by atoms with E-state index in [1.54, 1.807) is 0 Å². The van der Waals surface area contributed by atoms with Crippen molar-refractivity contribution >= 4 is 27.5 Å². The van der Waals surface area contributed by atoms with E-state index in [0.717, 1.165) is 10.0 Å². The van der Waals surface area contributed by atoms with Gasteiger partial charge < -0.3 is 5.32 Å². The second-order valence-corrected chi connectivity index (χ2v) is 5.16. The molecule has 1 rings (SSSR count). The molecule has 0 fully saturated rings. The van der Waals surface area contributed by atoms with Gasteiger partial charge in [-0.1, -0.05) is 35.8 Å². The maximum Gasteiger partial charge on any atom is 0.241 e. The van der Waals surface area contributed by atoms with Crippen LogP contribution in [0.15, 0.2) is 22.7 Å². The van der Waals surface area contributed by atoms with Crippen LogP contribution in [0.5, 0.6) is 0 Å². The van der Waals surface area contributed by atoms with E-state index in [-0.39, 0.29) is 11.8 Å². The fraction of sp³-hybridized carbons (Fsp3) is 0.385. The topological polar surface area (TPSA) is 52.9 Å². The first-order chi connectivity index (χ1) is 7.95. The maximum absolute atomic E-state index is 11.8. The van der Waals surface area contributed by atoms with Gasteiger partial charge in [-0.05, 0) is 30.5 Å². The van der Waals surface area contributed by atoms with Crippen LogP contribution in [-0.4, -0.2) is 5.91 Å². The van der Waals surface area contributed by atoms with E-state index in [9.17, 15) is 4.79 Å². The standard InChI is InChI=1S/C13H15BrN2O/c1-8(2)11(7-15)13(17)16-10-5-4-9(3)12(14)6-10/h4-6,8,11H,1-3H3,(H,16,17). The number of carbonyl (C=O) groups is 1. The van der Waals surface area contributed by atoms with Crippen molar-refractivity contribution in [3.8, 4) is 6.07 Å². The maximum atomic E-state index is 11.8. The van der Waals surface area contributed by atoms with E-state index in [2.05, 4.69) is 21.2 Å². The molecule has 1 unspecified atom stereocenters. The zero-order valence-corrected chi connectivity index (χ0v) is 11.7. The van der Waals surface area contributed by atoms with E-state index in [1.807, 2.05) is 45.0 Å². The number of anilines is 1. The number of benzene rings is 1. The summed E-state index contributed by atoms with van der Waals surface area (Å²) >= 11 is 3.40. The Kier molecular flexibility index (Phi) is 4.71. The van der Waals surface area contributed by atoms with E-state index < -0.39 is 5.92 Å². The number of halogens is 1. The highest BCUT2D eigenvalue weighted by atomic mass is 79.9. The van der Waals surface area contributed by atoms with Gasteiger partial charge >= 0.3 is 0 Å². The zero-order chi connectivity index (χ0) is 13.0. The second kappa shape index (κ2) is 5.83. The minimum atomic E-state index is -0.616. The molecular formula is C13H15BrN2O. The van der Waals surface area contributed by atoms with Crippen molar-refractivity contribution in [3.05, 3.63) is 28.2 Å². The molecular weight excluding hydrogens is 280 g/mol. The summed E-state index contributed by atoms with van der Waals surface area (Å²) in [6, 6.07) is 7.60. The van der Waals surface area contributed by atoms with Gasteiger partial charge in [0.2, 0.25) is 5.91 Å².